The molecule has 0 aromatic heterocycles. The van der Waals surface area contributed by atoms with E-state index < -0.39 is 23.0 Å². The van der Waals surface area contributed by atoms with Crippen LogP contribution in [0.1, 0.15) is 33.6 Å². The van der Waals surface area contributed by atoms with Gasteiger partial charge in [-0.25, -0.2) is 0 Å². The first-order chi connectivity index (χ1) is 10.5. The Morgan fingerprint density at radius 3 is 2.50 bits per heavy atom. The minimum atomic E-state index is -1.29. The average molecular weight is 306 g/mol. The van der Waals surface area contributed by atoms with Crippen LogP contribution < -0.4 is 0 Å². The van der Waals surface area contributed by atoms with Gasteiger partial charge in [0.2, 0.25) is 0 Å². The maximum absolute atomic E-state index is 12.6. The van der Waals surface area contributed by atoms with E-state index in [-0.39, 0.29) is 31.7 Å². The van der Waals surface area contributed by atoms with Crippen molar-refractivity contribution in [3.05, 3.63) is 23.8 Å². The first kappa shape index (κ1) is 15.3. The Balaban J connectivity index is 2.00. The average Bonchev–Trinajstić information content (AvgIpc) is 3.02. The van der Waals surface area contributed by atoms with Crippen LogP contribution in [0.4, 0.5) is 0 Å². The third kappa shape index (κ3) is 2.02. The highest BCUT2D eigenvalue weighted by molar-refractivity contribution is 6.01. The molecule has 0 aromatic carbocycles. The second-order valence-corrected chi connectivity index (χ2v) is 6.26. The minimum absolute atomic E-state index is 0.0175. The van der Waals surface area contributed by atoms with E-state index in [0.29, 0.717) is 6.42 Å². The van der Waals surface area contributed by atoms with Gasteiger partial charge >= 0.3 is 11.9 Å². The lowest BCUT2D eigenvalue weighted by Gasteiger charge is -2.33. The topological polar surface area (TPSA) is 61.8 Å². The molecule has 2 aliphatic heterocycles. The van der Waals surface area contributed by atoms with Crippen molar-refractivity contribution < 1.29 is 23.8 Å². The quantitative estimate of drug-likeness (QED) is 0.452. The normalized spacial score (nSPS) is 34.0. The molecule has 2 bridgehead atoms. The lowest BCUT2D eigenvalue weighted by Crippen LogP contribution is -2.42. The molecule has 0 unspecified atom stereocenters. The van der Waals surface area contributed by atoms with Gasteiger partial charge in [-0.05, 0) is 25.8 Å². The first-order valence-corrected chi connectivity index (χ1v) is 7.90. The zero-order valence-corrected chi connectivity index (χ0v) is 13.3. The van der Waals surface area contributed by atoms with Gasteiger partial charge in [-0.15, -0.1) is 0 Å². The van der Waals surface area contributed by atoms with Crippen molar-refractivity contribution in [2.75, 3.05) is 13.2 Å². The number of carbonyl (C=O) groups is 2. The van der Waals surface area contributed by atoms with Gasteiger partial charge in [0.1, 0.15) is 5.60 Å². The molecule has 0 saturated heterocycles. The van der Waals surface area contributed by atoms with Gasteiger partial charge in [0.25, 0.3) is 0 Å². The maximum atomic E-state index is 12.6. The van der Waals surface area contributed by atoms with E-state index in [0.717, 1.165) is 5.57 Å². The minimum Gasteiger partial charge on any atom is -0.465 e. The smallest absolute Gasteiger partial charge is 0.323 e. The molecule has 5 heteroatoms. The second kappa shape index (κ2) is 5.23. The van der Waals surface area contributed by atoms with Crippen molar-refractivity contribution in [2.24, 2.45) is 11.3 Å². The predicted octanol–water partition coefficient (Wildman–Crippen LogP) is 2.16. The summed E-state index contributed by atoms with van der Waals surface area (Å²) in [6, 6.07) is 0. The van der Waals surface area contributed by atoms with Crippen molar-refractivity contribution in [1.82, 2.24) is 0 Å². The van der Waals surface area contributed by atoms with E-state index in [1.165, 1.54) is 0 Å². The fourth-order valence-electron chi connectivity index (χ4n) is 3.76. The molecule has 1 saturated carbocycles. The van der Waals surface area contributed by atoms with Crippen LogP contribution in [0.15, 0.2) is 23.8 Å². The summed E-state index contributed by atoms with van der Waals surface area (Å²) < 4.78 is 16.5. The number of rotatable bonds is 4. The number of carbonyl (C=O) groups excluding carboxylic acids is 2. The van der Waals surface area contributed by atoms with Crippen molar-refractivity contribution in [1.29, 1.82) is 0 Å². The molecule has 22 heavy (non-hydrogen) atoms. The van der Waals surface area contributed by atoms with E-state index >= 15 is 0 Å². The van der Waals surface area contributed by atoms with Crippen molar-refractivity contribution in [2.45, 2.75) is 45.3 Å². The fourth-order valence-corrected chi connectivity index (χ4v) is 3.76. The van der Waals surface area contributed by atoms with Gasteiger partial charge in [-0.1, -0.05) is 25.2 Å². The maximum Gasteiger partial charge on any atom is 0.323 e. The molecule has 1 spiro atoms. The van der Waals surface area contributed by atoms with Crippen molar-refractivity contribution in [3.63, 3.8) is 0 Å². The molecule has 0 amide bonds. The summed E-state index contributed by atoms with van der Waals surface area (Å²) in [4.78, 5) is 25.1. The van der Waals surface area contributed by atoms with E-state index in [1.807, 2.05) is 12.2 Å². The molecule has 3 rings (SSSR count). The number of ether oxygens (including phenoxy) is 3. The Kier molecular flexibility index (Phi) is 3.63. The SMILES string of the molecule is CCOC(=O)C1(C(=O)OCC)CC2=C[C@H](C)[C@@H]3C=C[C@@]2(C1)O3. The van der Waals surface area contributed by atoms with Gasteiger partial charge < -0.3 is 14.2 Å². The summed E-state index contributed by atoms with van der Waals surface area (Å²) in [6.07, 6.45) is 6.75. The van der Waals surface area contributed by atoms with Crippen LogP contribution in [-0.4, -0.2) is 36.9 Å². The van der Waals surface area contributed by atoms with E-state index in [9.17, 15) is 9.59 Å². The molecule has 2 heterocycles. The third-order valence-corrected chi connectivity index (χ3v) is 4.82. The van der Waals surface area contributed by atoms with Crippen LogP contribution in [0.2, 0.25) is 0 Å². The highest BCUT2D eigenvalue weighted by Crippen LogP contribution is 2.56. The summed E-state index contributed by atoms with van der Waals surface area (Å²) in [5.41, 5.74) is -0.941. The molecule has 0 radical (unpaired) electrons. The molecule has 1 fully saturated rings. The Hall–Kier alpha value is -1.62. The van der Waals surface area contributed by atoms with Gasteiger partial charge in [0.05, 0.1) is 19.3 Å². The fraction of sp³-hybridized carbons (Fsp3) is 0.647. The van der Waals surface area contributed by atoms with Crippen LogP contribution in [0.5, 0.6) is 0 Å². The number of hydrogen-bond acceptors (Lipinski definition) is 5. The van der Waals surface area contributed by atoms with Crippen LogP contribution in [0, 0.1) is 11.3 Å². The molecule has 3 atom stereocenters. The number of fused-ring (bicyclic) bond motifs is 1. The Bertz CT molecular complexity index is 543. The largest absolute Gasteiger partial charge is 0.465 e. The van der Waals surface area contributed by atoms with Gasteiger partial charge in [-0.2, -0.15) is 0 Å². The summed E-state index contributed by atoms with van der Waals surface area (Å²) in [7, 11) is 0. The molecule has 3 aliphatic rings. The van der Waals surface area contributed by atoms with Gasteiger partial charge in [0.15, 0.2) is 5.41 Å². The first-order valence-electron chi connectivity index (χ1n) is 7.90. The summed E-state index contributed by atoms with van der Waals surface area (Å²) in [5.74, 6) is -0.778. The Morgan fingerprint density at radius 1 is 1.27 bits per heavy atom. The van der Waals surface area contributed by atoms with Crippen LogP contribution in [0.3, 0.4) is 0 Å². The van der Waals surface area contributed by atoms with Gasteiger partial charge in [-0.3, -0.25) is 9.59 Å². The Labute approximate surface area is 130 Å². The molecule has 0 aromatic rings. The van der Waals surface area contributed by atoms with Gasteiger partial charge in [0, 0.05) is 12.3 Å². The zero-order valence-electron chi connectivity index (χ0n) is 13.3. The highest BCUT2D eigenvalue weighted by atomic mass is 16.6. The molecule has 120 valence electrons. The van der Waals surface area contributed by atoms with Crippen LogP contribution in [-0.2, 0) is 23.8 Å². The zero-order chi connectivity index (χ0) is 16.0. The van der Waals surface area contributed by atoms with Crippen LogP contribution in [0.25, 0.3) is 0 Å². The standard InChI is InChI=1S/C17H22O5/c1-4-20-14(18)16(15(19)21-5-2)9-12-8-11(3)13-6-7-17(12,10-16)22-13/h6-8,11,13H,4-5,9-10H2,1-3H3/t11-,13-,17-/m0/s1. The van der Waals surface area contributed by atoms with E-state index in [4.69, 9.17) is 14.2 Å². The van der Waals surface area contributed by atoms with Crippen molar-refractivity contribution in [3.8, 4) is 0 Å². The van der Waals surface area contributed by atoms with Crippen molar-refractivity contribution >= 4 is 11.9 Å². The monoisotopic (exact) mass is 306 g/mol. The molecule has 1 aliphatic carbocycles. The lowest BCUT2D eigenvalue weighted by atomic mass is 9.84. The Morgan fingerprint density at radius 2 is 1.91 bits per heavy atom. The lowest BCUT2D eigenvalue weighted by molar-refractivity contribution is -0.173. The summed E-state index contributed by atoms with van der Waals surface area (Å²) in [5, 5.41) is 0. The molecule has 0 N–H and O–H groups in total. The number of hydrogen-bond donors (Lipinski definition) is 0. The number of esters is 2. The third-order valence-electron chi connectivity index (χ3n) is 4.82. The van der Waals surface area contributed by atoms with E-state index in [2.05, 4.69) is 13.0 Å². The van der Waals surface area contributed by atoms with Crippen LogP contribution >= 0.6 is 0 Å². The molecule has 5 nitrogen and oxygen atoms in total. The summed E-state index contributed by atoms with van der Waals surface area (Å²) >= 11 is 0. The molecular weight excluding hydrogens is 284 g/mol. The predicted molar refractivity (Wildman–Crippen MR) is 78.9 cm³/mol. The summed E-state index contributed by atoms with van der Waals surface area (Å²) in [6.45, 7) is 6.02. The van der Waals surface area contributed by atoms with E-state index in [1.54, 1.807) is 13.8 Å². The molecular formula is C17H22O5. The highest BCUT2D eigenvalue weighted by Gasteiger charge is 2.64. The second-order valence-electron chi connectivity index (χ2n) is 6.26.